The summed E-state index contributed by atoms with van der Waals surface area (Å²) in [4.78, 5) is 37.8. The molecule has 1 unspecified atom stereocenters. The summed E-state index contributed by atoms with van der Waals surface area (Å²) in [6.45, 7) is 5.72. The fourth-order valence-corrected chi connectivity index (χ4v) is 7.24. The Bertz CT molecular complexity index is 1270. The van der Waals surface area contributed by atoms with Gasteiger partial charge in [0, 0.05) is 54.4 Å². The van der Waals surface area contributed by atoms with E-state index >= 15 is 0 Å². The van der Waals surface area contributed by atoms with E-state index in [2.05, 4.69) is 9.97 Å². The Morgan fingerprint density at radius 2 is 1.78 bits per heavy atom. The molecule has 41 heavy (non-hydrogen) atoms. The van der Waals surface area contributed by atoms with Gasteiger partial charge in [0.05, 0.1) is 10.4 Å². The number of pyridine rings is 1. The third kappa shape index (κ3) is 6.76. The summed E-state index contributed by atoms with van der Waals surface area (Å²) >= 11 is 2.46. The van der Waals surface area contributed by atoms with Gasteiger partial charge in [-0.1, -0.05) is 13.8 Å². The first-order valence-corrected chi connectivity index (χ1v) is 15.3. The minimum atomic E-state index is -4.98. The van der Waals surface area contributed by atoms with Crippen LogP contribution in [0.2, 0.25) is 0 Å². The van der Waals surface area contributed by atoms with Crippen LogP contribution >= 0.6 is 23.1 Å². The highest BCUT2D eigenvalue weighted by molar-refractivity contribution is 8.00. The highest BCUT2D eigenvalue weighted by Gasteiger charge is 2.50. The van der Waals surface area contributed by atoms with Crippen molar-refractivity contribution in [1.29, 1.82) is 0 Å². The lowest BCUT2D eigenvalue weighted by molar-refractivity contribution is -0.137. The third-order valence-electron chi connectivity index (χ3n) is 7.16. The van der Waals surface area contributed by atoms with Gasteiger partial charge < -0.3 is 15.1 Å². The Hall–Kier alpha value is -2.55. The number of likely N-dealkylation sites (tertiary alicyclic amines) is 2. The van der Waals surface area contributed by atoms with Crippen LogP contribution in [0.1, 0.15) is 65.9 Å². The number of thioether (sulfide) groups is 1. The van der Waals surface area contributed by atoms with Crippen LogP contribution < -0.4 is 5.32 Å². The van der Waals surface area contributed by atoms with Crippen molar-refractivity contribution in [3.8, 4) is 10.4 Å². The number of piperidine rings is 1. The van der Waals surface area contributed by atoms with Crippen molar-refractivity contribution in [3.63, 3.8) is 0 Å². The predicted octanol–water partition coefficient (Wildman–Crippen LogP) is 6.43. The Labute approximate surface area is 242 Å². The van der Waals surface area contributed by atoms with Crippen molar-refractivity contribution in [2.75, 3.05) is 43.0 Å². The molecule has 0 aliphatic carbocycles. The molecule has 0 bridgehead atoms. The van der Waals surface area contributed by atoms with Gasteiger partial charge in [-0.3, -0.25) is 9.59 Å². The third-order valence-corrected chi connectivity index (χ3v) is 9.87. The minimum absolute atomic E-state index is 0.0783. The number of halogens is 6. The Balaban J connectivity index is 0.00000189. The van der Waals surface area contributed by atoms with Crippen molar-refractivity contribution in [1.82, 2.24) is 19.8 Å². The van der Waals surface area contributed by atoms with Gasteiger partial charge >= 0.3 is 12.4 Å². The number of carbonyl (C=O) groups is 2. The number of anilines is 1. The van der Waals surface area contributed by atoms with Crippen LogP contribution in [-0.2, 0) is 6.18 Å². The van der Waals surface area contributed by atoms with Crippen LogP contribution in [0.25, 0.3) is 10.4 Å². The van der Waals surface area contributed by atoms with E-state index in [4.69, 9.17) is 0 Å². The maximum atomic E-state index is 14.2. The molecule has 1 atom stereocenters. The number of alkyl halides is 6. The zero-order chi connectivity index (χ0) is 30.2. The monoisotopic (exact) mass is 623 g/mol. The maximum Gasteiger partial charge on any atom is 0.417 e. The van der Waals surface area contributed by atoms with Gasteiger partial charge in [0.2, 0.25) is 0 Å². The van der Waals surface area contributed by atoms with Crippen molar-refractivity contribution >= 4 is 40.7 Å². The summed E-state index contributed by atoms with van der Waals surface area (Å²) in [6.07, 6.45) is -6.51. The summed E-state index contributed by atoms with van der Waals surface area (Å²) in [5, 5.41) is 1.75. The van der Waals surface area contributed by atoms with E-state index in [1.54, 1.807) is 21.6 Å². The number of carbonyl (C=O) groups excluding carboxylic acids is 2. The van der Waals surface area contributed by atoms with Crippen LogP contribution in [0.4, 0.5) is 32.2 Å². The van der Waals surface area contributed by atoms with Gasteiger partial charge in [-0.15, -0.1) is 11.3 Å². The predicted molar refractivity (Wildman–Crippen MR) is 146 cm³/mol. The van der Waals surface area contributed by atoms with E-state index in [0.29, 0.717) is 37.0 Å². The zero-order valence-electron chi connectivity index (χ0n) is 22.8. The van der Waals surface area contributed by atoms with E-state index in [0.717, 1.165) is 37.0 Å². The average molecular weight is 624 g/mol. The van der Waals surface area contributed by atoms with Crippen molar-refractivity contribution < 1.29 is 35.9 Å². The summed E-state index contributed by atoms with van der Waals surface area (Å²) in [7, 11) is 0. The molecule has 1 N–H and O–H groups in total. The summed E-state index contributed by atoms with van der Waals surface area (Å²) in [5.74, 6) is 0.207. The molecule has 2 amide bonds. The molecule has 0 saturated carbocycles. The van der Waals surface area contributed by atoms with Crippen LogP contribution in [0.5, 0.6) is 0 Å². The van der Waals surface area contributed by atoms with Crippen molar-refractivity contribution in [2.45, 2.75) is 58.4 Å². The number of hydrogen-bond donors (Lipinski definition) is 1. The molecule has 3 aliphatic heterocycles. The first-order valence-electron chi connectivity index (χ1n) is 13.3. The molecule has 5 heterocycles. The molecule has 0 aromatic carbocycles. The largest absolute Gasteiger partial charge is 0.417 e. The van der Waals surface area contributed by atoms with Gasteiger partial charge in [0.25, 0.3) is 11.8 Å². The van der Waals surface area contributed by atoms with E-state index in [1.165, 1.54) is 0 Å². The van der Waals surface area contributed by atoms with Crippen LogP contribution in [0.3, 0.4) is 0 Å². The molecular weight excluding hydrogens is 592 g/mol. The molecule has 3 saturated heterocycles. The second-order valence-corrected chi connectivity index (χ2v) is 12.3. The second kappa shape index (κ2) is 12.0. The highest BCUT2D eigenvalue weighted by atomic mass is 32.2. The van der Waals surface area contributed by atoms with Gasteiger partial charge in [0.1, 0.15) is 18.1 Å². The lowest BCUT2D eigenvalue weighted by atomic mass is 9.83. The van der Waals surface area contributed by atoms with E-state index in [9.17, 15) is 35.9 Å². The summed E-state index contributed by atoms with van der Waals surface area (Å²) in [5.41, 5.74) is -2.00. The summed E-state index contributed by atoms with van der Waals surface area (Å²) < 4.78 is 80.4. The van der Waals surface area contributed by atoms with Gasteiger partial charge in [0.15, 0.2) is 5.01 Å². The lowest BCUT2D eigenvalue weighted by Crippen LogP contribution is -2.64. The fraction of sp³-hybridized carbons (Fsp3) is 0.615. The van der Waals surface area contributed by atoms with Gasteiger partial charge in [-0.05, 0) is 32.3 Å². The number of amides is 2. The second-order valence-electron chi connectivity index (χ2n) is 10.3. The Morgan fingerprint density at radius 1 is 1.10 bits per heavy atom. The van der Waals surface area contributed by atoms with E-state index in [1.807, 2.05) is 26.1 Å². The first-order chi connectivity index (χ1) is 19.3. The number of hydrogen-bond acceptors (Lipinski definition) is 7. The number of aromatic nitrogens is 2. The van der Waals surface area contributed by atoms with Crippen LogP contribution in [0.15, 0.2) is 12.3 Å². The number of nitrogens with zero attached hydrogens (tertiary/aromatic N) is 4. The Kier molecular flexibility index (Phi) is 9.17. The number of nitrogens with one attached hydrogen (secondary N) is 1. The quantitative estimate of drug-likeness (QED) is 0.387. The van der Waals surface area contributed by atoms with Crippen LogP contribution in [0, 0.1) is 5.41 Å². The standard InChI is InChI=1S/C24H25F6N5O2S2.C2H6/c1-13-4-2-3-5-35(13)20(36)17-18(39-19(33-17)21(37)34-9-22(10-34)11-38-12-22)14-7-31-16(32-8-23(25,26)27)6-15(14)24(28,29)30;1-2/h6-7,13H,2-5,8-12H2,1H3,(H,31,32);1-2H3. The molecule has 5 rings (SSSR count). The van der Waals surface area contributed by atoms with E-state index in [-0.39, 0.29) is 27.0 Å². The average Bonchev–Trinajstić information content (AvgIpc) is 3.31. The molecular formula is C26H31F6N5O2S2. The first kappa shape index (κ1) is 31.4. The molecule has 226 valence electrons. The van der Waals surface area contributed by atoms with Crippen molar-refractivity contribution in [2.24, 2.45) is 5.41 Å². The molecule has 2 aromatic rings. The normalized spacial score (nSPS) is 20.1. The molecule has 2 aromatic heterocycles. The fourth-order valence-electron chi connectivity index (χ4n) is 5.05. The Morgan fingerprint density at radius 3 is 2.34 bits per heavy atom. The minimum Gasteiger partial charge on any atom is -0.361 e. The van der Waals surface area contributed by atoms with Crippen LogP contribution in [-0.4, -0.2) is 81.5 Å². The number of thiazole rings is 1. The maximum absolute atomic E-state index is 14.2. The molecule has 0 radical (unpaired) electrons. The molecule has 3 fully saturated rings. The van der Waals surface area contributed by atoms with Crippen molar-refractivity contribution in [3.05, 3.63) is 28.5 Å². The topological polar surface area (TPSA) is 78.4 Å². The SMILES string of the molecule is CC.CC1CCCCN1C(=O)c1nc(C(=O)N2CC3(CSC3)C2)sc1-c1cnc(NCC(F)(F)F)cc1C(F)(F)F. The smallest absolute Gasteiger partial charge is 0.361 e. The summed E-state index contributed by atoms with van der Waals surface area (Å²) in [6, 6.07) is 0.313. The lowest BCUT2D eigenvalue weighted by Gasteiger charge is -2.54. The molecule has 3 aliphatic rings. The molecule has 7 nitrogen and oxygen atoms in total. The highest BCUT2D eigenvalue weighted by Crippen LogP contribution is 2.47. The molecule has 1 spiro atoms. The number of rotatable bonds is 5. The van der Waals surface area contributed by atoms with Gasteiger partial charge in [-0.2, -0.15) is 38.1 Å². The zero-order valence-corrected chi connectivity index (χ0v) is 24.4. The van der Waals surface area contributed by atoms with E-state index < -0.39 is 47.7 Å². The van der Waals surface area contributed by atoms with Gasteiger partial charge in [-0.25, -0.2) is 9.97 Å². The molecule has 15 heteroatoms.